The number of ether oxygens (including phenoxy) is 1. The largest absolute Gasteiger partial charge is 0.372 e. The molecule has 2 aromatic rings. The first-order valence-electron chi connectivity index (χ1n) is 7.88. The Balaban J connectivity index is 1.66. The van der Waals surface area contributed by atoms with Crippen LogP contribution in [0.25, 0.3) is 10.9 Å². The molecule has 118 valence electrons. The van der Waals surface area contributed by atoms with Gasteiger partial charge in [0.05, 0.1) is 30.5 Å². The van der Waals surface area contributed by atoms with Gasteiger partial charge in [-0.05, 0) is 32.4 Å². The lowest BCUT2D eigenvalue weighted by Gasteiger charge is -2.35. The molecule has 0 aliphatic carbocycles. The number of benzene rings is 1. The van der Waals surface area contributed by atoms with Crippen LogP contribution in [0.2, 0.25) is 0 Å². The highest BCUT2D eigenvalue weighted by molar-refractivity contribution is 5.80. The fourth-order valence-corrected chi connectivity index (χ4v) is 3.10. The van der Waals surface area contributed by atoms with Crippen LogP contribution >= 0.6 is 0 Å². The van der Waals surface area contributed by atoms with Gasteiger partial charge in [0, 0.05) is 24.9 Å². The minimum Gasteiger partial charge on any atom is -0.372 e. The Bertz CT molecular complexity index is 670. The van der Waals surface area contributed by atoms with Gasteiger partial charge in [-0.2, -0.15) is 5.10 Å². The van der Waals surface area contributed by atoms with Crippen molar-refractivity contribution in [1.29, 1.82) is 0 Å². The van der Waals surface area contributed by atoms with Gasteiger partial charge < -0.3 is 9.64 Å². The summed E-state index contributed by atoms with van der Waals surface area (Å²) in [4.78, 5) is 14.3. The van der Waals surface area contributed by atoms with Crippen molar-refractivity contribution in [1.82, 2.24) is 14.7 Å². The summed E-state index contributed by atoms with van der Waals surface area (Å²) in [5.41, 5.74) is 2.30. The zero-order valence-corrected chi connectivity index (χ0v) is 13.5. The first-order valence-corrected chi connectivity index (χ1v) is 7.88. The van der Waals surface area contributed by atoms with Gasteiger partial charge in [0.1, 0.15) is 0 Å². The van der Waals surface area contributed by atoms with Gasteiger partial charge in [0.15, 0.2) is 0 Å². The minimum atomic E-state index is 0.112. The van der Waals surface area contributed by atoms with Crippen LogP contribution in [0, 0.1) is 6.92 Å². The van der Waals surface area contributed by atoms with E-state index in [2.05, 4.69) is 30.2 Å². The molecule has 0 bridgehead atoms. The van der Waals surface area contributed by atoms with Crippen molar-refractivity contribution in [2.75, 3.05) is 13.1 Å². The van der Waals surface area contributed by atoms with Gasteiger partial charge in [-0.3, -0.25) is 9.48 Å². The third-order valence-corrected chi connectivity index (χ3v) is 4.11. The number of aryl methyl sites for hydroxylation is 2. The van der Waals surface area contributed by atoms with Gasteiger partial charge in [-0.25, -0.2) is 0 Å². The fourth-order valence-electron chi connectivity index (χ4n) is 3.10. The maximum absolute atomic E-state index is 12.4. The van der Waals surface area contributed by atoms with E-state index in [0.717, 1.165) is 10.9 Å². The summed E-state index contributed by atoms with van der Waals surface area (Å²) >= 11 is 0. The van der Waals surface area contributed by atoms with Crippen LogP contribution < -0.4 is 0 Å². The first kappa shape index (κ1) is 15.0. The summed E-state index contributed by atoms with van der Waals surface area (Å²) in [6.45, 7) is 8.08. The van der Waals surface area contributed by atoms with Crippen molar-refractivity contribution in [2.24, 2.45) is 0 Å². The van der Waals surface area contributed by atoms with Gasteiger partial charge in [-0.15, -0.1) is 0 Å². The topological polar surface area (TPSA) is 47.4 Å². The summed E-state index contributed by atoms with van der Waals surface area (Å²) in [6.07, 6.45) is 2.56. The molecule has 2 heterocycles. The molecule has 1 amide bonds. The van der Waals surface area contributed by atoms with E-state index in [1.54, 1.807) is 0 Å². The number of amides is 1. The Morgan fingerprint density at radius 1 is 1.32 bits per heavy atom. The van der Waals surface area contributed by atoms with Crippen molar-refractivity contribution in [3.05, 3.63) is 30.0 Å². The molecule has 1 aromatic heterocycles. The number of hydrogen-bond donors (Lipinski definition) is 0. The maximum Gasteiger partial charge on any atom is 0.224 e. The predicted molar refractivity (Wildman–Crippen MR) is 85.7 cm³/mol. The third-order valence-electron chi connectivity index (χ3n) is 4.11. The summed E-state index contributed by atoms with van der Waals surface area (Å²) in [7, 11) is 0. The lowest BCUT2D eigenvalue weighted by Crippen LogP contribution is -2.48. The summed E-state index contributed by atoms with van der Waals surface area (Å²) < 4.78 is 7.60. The number of carbonyl (C=O) groups is 1. The van der Waals surface area contributed by atoms with Crippen LogP contribution in [0.15, 0.2) is 24.4 Å². The Hall–Kier alpha value is -1.88. The third kappa shape index (κ3) is 3.14. The molecular weight excluding hydrogens is 278 g/mol. The summed E-state index contributed by atoms with van der Waals surface area (Å²) in [5, 5.41) is 5.52. The van der Waals surface area contributed by atoms with Crippen LogP contribution in [-0.2, 0) is 16.1 Å². The predicted octanol–water partition coefficient (Wildman–Crippen LogP) is 2.37. The molecule has 0 saturated carbocycles. The zero-order valence-electron chi connectivity index (χ0n) is 13.5. The number of morpholine rings is 1. The molecule has 1 saturated heterocycles. The molecule has 3 rings (SSSR count). The molecule has 5 nitrogen and oxygen atoms in total. The van der Waals surface area contributed by atoms with Crippen molar-refractivity contribution in [3.63, 3.8) is 0 Å². The number of rotatable bonds is 3. The highest BCUT2D eigenvalue weighted by atomic mass is 16.5. The van der Waals surface area contributed by atoms with Crippen molar-refractivity contribution >= 4 is 16.8 Å². The van der Waals surface area contributed by atoms with E-state index in [1.165, 1.54) is 5.56 Å². The number of aromatic nitrogens is 2. The second-order valence-electron chi connectivity index (χ2n) is 6.24. The van der Waals surface area contributed by atoms with E-state index >= 15 is 0 Å². The molecule has 1 aliphatic rings. The van der Waals surface area contributed by atoms with Crippen LogP contribution in [-0.4, -0.2) is 45.9 Å². The number of fused-ring (bicyclic) bond motifs is 1. The van der Waals surface area contributed by atoms with E-state index in [4.69, 9.17) is 4.74 Å². The molecule has 22 heavy (non-hydrogen) atoms. The molecule has 0 spiro atoms. The molecule has 0 N–H and O–H groups in total. The molecule has 1 aromatic carbocycles. The van der Waals surface area contributed by atoms with E-state index in [1.807, 2.05) is 29.6 Å². The average molecular weight is 301 g/mol. The number of nitrogens with zero attached hydrogens (tertiary/aromatic N) is 3. The lowest BCUT2D eigenvalue weighted by molar-refractivity contribution is -0.143. The van der Waals surface area contributed by atoms with Crippen LogP contribution in [0.4, 0.5) is 0 Å². The van der Waals surface area contributed by atoms with Crippen LogP contribution in [0.3, 0.4) is 0 Å². The molecule has 2 unspecified atom stereocenters. The van der Waals surface area contributed by atoms with Gasteiger partial charge >= 0.3 is 0 Å². The monoisotopic (exact) mass is 301 g/mol. The lowest BCUT2D eigenvalue weighted by atomic mass is 10.2. The molecule has 5 heteroatoms. The molecule has 2 atom stereocenters. The summed E-state index contributed by atoms with van der Waals surface area (Å²) in [5.74, 6) is 0.179. The van der Waals surface area contributed by atoms with Gasteiger partial charge in [0.25, 0.3) is 0 Å². The van der Waals surface area contributed by atoms with E-state index in [9.17, 15) is 4.79 Å². The summed E-state index contributed by atoms with van der Waals surface area (Å²) in [6, 6.07) is 6.27. The second-order valence-corrected chi connectivity index (χ2v) is 6.24. The first-order chi connectivity index (χ1) is 10.5. The Labute approximate surface area is 130 Å². The standard InChI is InChI=1S/C17H23N3O2/c1-12-4-5-15-9-18-20(16(15)8-12)7-6-17(21)19-10-13(2)22-14(3)11-19/h4-5,8-9,13-14H,6-7,10-11H2,1-3H3. The minimum absolute atomic E-state index is 0.112. The van der Waals surface area contributed by atoms with Crippen molar-refractivity contribution in [3.8, 4) is 0 Å². The number of hydrogen-bond acceptors (Lipinski definition) is 3. The SMILES string of the molecule is Cc1ccc2cnn(CCC(=O)N3CC(C)OC(C)C3)c2c1. The zero-order chi connectivity index (χ0) is 15.7. The second kappa shape index (κ2) is 6.08. The van der Waals surface area contributed by atoms with E-state index < -0.39 is 0 Å². The molecule has 1 aliphatic heterocycles. The van der Waals surface area contributed by atoms with E-state index in [0.29, 0.717) is 26.1 Å². The Kier molecular flexibility index (Phi) is 4.16. The molecule has 0 radical (unpaired) electrons. The highest BCUT2D eigenvalue weighted by Gasteiger charge is 2.25. The molecule has 1 fully saturated rings. The van der Waals surface area contributed by atoms with Crippen molar-refractivity contribution in [2.45, 2.75) is 45.9 Å². The maximum atomic E-state index is 12.4. The average Bonchev–Trinajstić information content (AvgIpc) is 2.86. The fraction of sp³-hybridized carbons (Fsp3) is 0.529. The van der Waals surface area contributed by atoms with Gasteiger partial charge in [-0.1, -0.05) is 12.1 Å². The van der Waals surface area contributed by atoms with Crippen LogP contribution in [0.1, 0.15) is 25.8 Å². The Morgan fingerprint density at radius 3 is 2.77 bits per heavy atom. The normalized spacial score (nSPS) is 22.2. The van der Waals surface area contributed by atoms with Crippen molar-refractivity contribution < 1.29 is 9.53 Å². The van der Waals surface area contributed by atoms with Crippen LogP contribution in [0.5, 0.6) is 0 Å². The quantitative estimate of drug-likeness (QED) is 0.874. The number of carbonyl (C=O) groups excluding carboxylic acids is 1. The van der Waals surface area contributed by atoms with E-state index in [-0.39, 0.29) is 18.1 Å². The molecular formula is C17H23N3O2. The Morgan fingerprint density at radius 2 is 2.05 bits per heavy atom. The highest BCUT2D eigenvalue weighted by Crippen LogP contribution is 2.17. The van der Waals surface area contributed by atoms with Gasteiger partial charge in [0.2, 0.25) is 5.91 Å². The smallest absolute Gasteiger partial charge is 0.224 e.